The number of aromatic nitrogens is 2. The summed E-state index contributed by atoms with van der Waals surface area (Å²) in [6.07, 6.45) is 10.9. The first-order chi connectivity index (χ1) is 40.4. The summed E-state index contributed by atoms with van der Waals surface area (Å²) in [6.45, 7) is 5.93. The summed E-state index contributed by atoms with van der Waals surface area (Å²) in [4.78, 5) is 105. The number of hydrogen-bond acceptors (Lipinski definition) is 19. The topological polar surface area (TPSA) is 266 Å². The van der Waals surface area contributed by atoms with Crippen LogP contribution in [0.15, 0.2) is 73.1 Å². The second-order valence-corrected chi connectivity index (χ2v) is 22.5. The van der Waals surface area contributed by atoms with E-state index < -0.39 is 29.5 Å². The van der Waals surface area contributed by atoms with Crippen molar-refractivity contribution in [1.29, 1.82) is 0 Å². The first kappa shape index (κ1) is 64.8. The van der Waals surface area contributed by atoms with Crippen LogP contribution in [0.2, 0.25) is 0 Å². The number of pyridine rings is 2. The number of fused-ring (bicyclic) bond motifs is 6. The van der Waals surface area contributed by atoms with Gasteiger partial charge in [0.1, 0.15) is 49.2 Å². The van der Waals surface area contributed by atoms with Gasteiger partial charge in [0, 0.05) is 58.1 Å². The molecule has 26 heteroatoms. The van der Waals surface area contributed by atoms with Crippen molar-refractivity contribution in [3.05, 3.63) is 107 Å². The van der Waals surface area contributed by atoms with Crippen molar-refractivity contribution in [3.8, 4) is 23.0 Å². The van der Waals surface area contributed by atoms with E-state index in [0.717, 1.165) is 100 Å². The van der Waals surface area contributed by atoms with Gasteiger partial charge in [0.05, 0.1) is 36.3 Å². The third kappa shape index (κ3) is 15.5. The van der Waals surface area contributed by atoms with Gasteiger partial charge in [-0.25, -0.2) is 18.7 Å². The number of carbonyl (C=O) groups excluding carboxylic acids is 7. The minimum Gasteiger partial charge on any atom is -0.702 e. The second kappa shape index (κ2) is 28.5. The van der Waals surface area contributed by atoms with Crippen LogP contribution in [0.25, 0.3) is 0 Å². The molecule has 2 aromatic heterocycles. The largest absolute Gasteiger partial charge is 1.00 e. The van der Waals surface area contributed by atoms with Crippen LogP contribution >= 0.6 is 0 Å². The number of halogens is 2. The average molecular weight is 1200 g/mol. The molecule has 0 unspecified atom stereocenters. The van der Waals surface area contributed by atoms with E-state index in [1.165, 1.54) is 38.1 Å². The summed E-state index contributed by atoms with van der Waals surface area (Å²) in [5.74, 6) is 1.01. The number of likely N-dealkylation sites (tertiary alicyclic amines) is 2. The number of nitrogens with zero attached hydrogens (tertiary/aromatic N) is 5. The average Bonchev–Trinajstić information content (AvgIpc) is 1.59. The molecule has 4 saturated carbocycles. The zero-order valence-electron chi connectivity index (χ0n) is 47.4. The molecule has 4 saturated heterocycles. The maximum atomic E-state index is 13.5. The first-order valence-corrected chi connectivity index (χ1v) is 28.0. The number of rotatable bonds is 11. The van der Waals surface area contributed by atoms with Gasteiger partial charge in [-0.05, 0) is 142 Å². The van der Waals surface area contributed by atoms with E-state index in [1.807, 2.05) is 28.0 Å². The fourth-order valence-electron chi connectivity index (χ4n) is 12.7. The van der Waals surface area contributed by atoms with Crippen LogP contribution in [0.5, 0.6) is 23.0 Å². The minimum atomic E-state index is -0.833. The fourth-order valence-corrected chi connectivity index (χ4v) is 12.7. The van der Waals surface area contributed by atoms with E-state index in [0.29, 0.717) is 68.1 Å². The summed E-state index contributed by atoms with van der Waals surface area (Å²) in [5, 5.41) is 7.42. The third-order valence-corrected chi connectivity index (χ3v) is 16.4. The summed E-state index contributed by atoms with van der Waals surface area (Å²) in [7, 11) is 0.699. The smallest absolute Gasteiger partial charge is 0.702 e. The van der Waals surface area contributed by atoms with Crippen molar-refractivity contribution in [2.45, 2.75) is 129 Å². The summed E-state index contributed by atoms with van der Waals surface area (Å²) in [6, 6.07) is 16.2. The van der Waals surface area contributed by atoms with E-state index in [2.05, 4.69) is 24.2 Å². The van der Waals surface area contributed by atoms with Gasteiger partial charge in [-0.1, -0.05) is 13.5 Å². The molecule has 4 aromatic rings. The van der Waals surface area contributed by atoms with Crippen LogP contribution in [-0.4, -0.2) is 148 Å². The van der Waals surface area contributed by atoms with Crippen molar-refractivity contribution in [3.63, 3.8) is 0 Å². The number of amides is 2. The molecule has 86 heavy (non-hydrogen) atoms. The van der Waals surface area contributed by atoms with E-state index in [9.17, 15) is 42.3 Å². The number of carboxylic acid groups (broad SMARTS) is 1. The minimum absolute atomic E-state index is 0. The molecular formula is C60H67BF2N5NaO17. The molecule has 10 aliphatic rings. The van der Waals surface area contributed by atoms with E-state index in [-0.39, 0.29) is 134 Å². The van der Waals surface area contributed by atoms with Crippen molar-refractivity contribution in [2.24, 2.45) is 35.5 Å². The summed E-state index contributed by atoms with van der Waals surface area (Å²) in [5.41, 5.74) is 2.17. The van der Waals surface area contributed by atoms with Crippen LogP contribution in [-0.2, 0) is 49.3 Å². The number of piperidine rings is 3. The monoisotopic (exact) mass is 1200 g/mol. The number of ether oxygens (including phenoxy) is 6. The number of aliphatic carboxylic acids is 1. The molecule has 2 aromatic carbocycles. The van der Waals surface area contributed by atoms with Crippen LogP contribution in [0.1, 0.15) is 123 Å². The maximum Gasteiger partial charge on any atom is 1.00 e. The van der Waals surface area contributed by atoms with Gasteiger partial charge in [0.15, 0.2) is 23.0 Å². The number of benzene rings is 2. The number of carboxylic acids is 1. The van der Waals surface area contributed by atoms with Gasteiger partial charge in [-0.2, -0.15) is 0 Å². The molecule has 22 nitrogen and oxygen atoms in total. The maximum absolute atomic E-state index is 13.5. The Morgan fingerprint density at radius 1 is 0.628 bits per heavy atom. The molecule has 4 aliphatic carbocycles. The van der Waals surface area contributed by atoms with Crippen LogP contribution in [0.4, 0.5) is 8.78 Å². The molecule has 10 atom stereocenters. The van der Waals surface area contributed by atoms with E-state index in [1.54, 1.807) is 18.2 Å². The molecule has 1 N–H and O–H groups in total. The summed E-state index contributed by atoms with van der Waals surface area (Å²) < 4.78 is 68.0. The molecule has 452 valence electrons. The van der Waals surface area contributed by atoms with Crippen molar-refractivity contribution in [2.75, 3.05) is 26.7 Å². The molecular weight excluding hydrogens is 1130 g/mol. The van der Waals surface area contributed by atoms with Crippen LogP contribution in [0.3, 0.4) is 0 Å². The Hall–Kier alpha value is -7.22. The standard InChI is InChI=1S/C26H26FN3O5.C19H21FN2O3.C8H6O3.C4H6BO4.C2H4O2.CH4.Na/c27-17-4-5-18(28-10-17)25(31)30-12-15-7-19-23(30)24(35-26(32)16-2-3-16)20(8-15)29(19)11-14-1-6-21-22(9-14)34-13-33-21;20-14-3-4-15(21-8-14)18(23)22-9-10-5-12-7-13(6-10)17(16(12)22)25-19(24)11-1-2-11;9-4-6-1-2-7-8(3-6)11-5-10-7;1-3(6)8-5-9-4(2)7;1-2(3)4;;/h1,4-6,9-10,15-16,19-20,23-24H,2-3,7-8,11-13H2;3-4,8,10-13,16-17H,1-2,5-7,9H2;1-4H,5H2;1-2H3;1H3,(H,3,4);1H4;/q;;;-1;;;+1/t15-,19-,20+,23-,24+;10-,12+,13-,16-,17+;;;;;/m00...../s1. The Kier molecular flexibility index (Phi) is 21.5. The predicted octanol–water partition coefficient (Wildman–Crippen LogP) is 3.78. The molecule has 2 radical (unpaired) electrons. The number of esters is 2. The Morgan fingerprint density at radius 3 is 1.64 bits per heavy atom. The third-order valence-electron chi connectivity index (χ3n) is 16.4. The quantitative estimate of drug-likeness (QED) is 0.127. The Morgan fingerprint density at radius 2 is 1.12 bits per heavy atom. The van der Waals surface area contributed by atoms with Crippen LogP contribution < -0.4 is 48.5 Å². The van der Waals surface area contributed by atoms with E-state index >= 15 is 0 Å². The predicted molar refractivity (Wildman–Crippen MR) is 293 cm³/mol. The van der Waals surface area contributed by atoms with Gasteiger partial charge in [0.25, 0.3) is 29.7 Å². The van der Waals surface area contributed by atoms with Crippen molar-refractivity contribution in [1.82, 2.24) is 24.7 Å². The van der Waals surface area contributed by atoms with Gasteiger partial charge in [0.2, 0.25) is 13.6 Å². The molecule has 0 spiro atoms. The van der Waals surface area contributed by atoms with Gasteiger partial charge in [-0.3, -0.25) is 43.3 Å². The first-order valence-electron chi connectivity index (χ1n) is 28.0. The zero-order chi connectivity index (χ0) is 59.3. The fraction of sp³-hybridized carbons (Fsp3) is 0.500. The molecule has 6 aliphatic heterocycles. The van der Waals surface area contributed by atoms with Crippen LogP contribution in [0, 0.1) is 47.1 Å². The molecule has 14 rings (SSSR count). The SMILES string of the molecule is C.CC(=O)O.CC(=O)O[B-]OC(C)=O.O=C(O[C@@H]1[C@H]2C[C@@H]3C[C@H](C2)[C@@H]1N(C(=O)c1ccc(F)cn1)C3)C1CC1.O=C(O[C@H]1[C@@H]2[C@@H]3C[C@@H](C[C@H]1N3Cc1ccc3c(c1)OCO3)CN2C(=O)c1ccc(F)cn1)C1CC1.O=Cc1ccc2c(c1)OCO2.[Na+]. The second-order valence-electron chi connectivity index (χ2n) is 22.5. The Bertz CT molecular complexity index is 3120. The molecule has 2 amide bonds. The van der Waals surface area contributed by atoms with Gasteiger partial charge < -0.3 is 52.6 Å². The summed E-state index contributed by atoms with van der Waals surface area (Å²) >= 11 is 0. The van der Waals surface area contributed by atoms with Crippen molar-refractivity contribution >= 4 is 55.6 Å². The van der Waals surface area contributed by atoms with E-state index in [4.69, 9.17) is 38.3 Å². The Labute approximate surface area is 518 Å². The molecule has 8 fully saturated rings. The van der Waals surface area contributed by atoms with Crippen molar-refractivity contribution < 1.29 is 120 Å². The number of hydrogen-bond donors (Lipinski definition) is 1. The molecule has 6 bridgehead atoms. The normalized spacial score (nSPS) is 25.6. The Balaban J connectivity index is 0.000000163. The van der Waals surface area contributed by atoms with Gasteiger partial charge in [-0.15, -0.1) is 0 Å². The molecule has 8 heterocycles. The van der Waals surface area contributed by atoms with Gasteiger partial charge >= 0.3 is 41.5 Å². The zero-order valence-corrected chi connectivity index (χ0v) is 49.4. The number of carbonyl (C=O) groups is 8. The number of aldehydes is 1.